The van der Waals surface area contributed by atoms with E-state index in [1.807, 2.05) is 0 Å². The molecule has 1 heterocycles. The molecule has 5 nitrogen and oxygen atoms in total. The highest BCUT2D eigenvalue weighted by molar-refractivity contribution is 6.06. The summed E-state index contributed by atoms with van der Waals surface area (Å²) in [4.78, 5) is 0. The van der Waals surface area contributed by atoms with Gasteiger partial charge in [0.2, 0.25) is 0 Å². The minimum Gasteiger partial charge on any atom is -0.290 e. The lowest BCUT2D eigenvalue weighted by Crippen LogP contribution is -2.21. The van der Waals surface area contributed by atoms with Crippen LogP contribution in [0.15, 0.2) is 48.7 Å². The predicted octanol–water partition coefficient (Wildman–Crippen LogP) is 5.64. The zero-order valence-electron chi connectivity index (χ0n) is 15.8. The molecule has 0 fully saturated rings. The Morgan fingerprint density at radius 1 is 0.969 bits per heavy atom. The van der Waals surface area contributed by atoms with E-state index in [4.69, 9.17) is 5.41 Å². The van der Waals surface area contributed by atoms with E-state index in [9.17, 15) is 31.5 Å². The molecule has 0 unspecified atom stereocenters. The number of aromatic nitrogens is 2. The summed E-state index contributed by atoms with van der Waals surface area (Å²) in [5.74, 6) is -5.74. The minimum absolute atomic E-state index is 0.150. The van der Waals surface area contributed by atoms with Gasteiger partial charge in [0.05, 0.1) is 17.3 Å². The predicted molar refractivity (Wildman–Crippen MR) is 104 cm³/mol. The Morgan fingerprint density at radius 3 is 2.28 bits per heavy atom. The van der Waals surface area contributed by atoms with Gasteiger partial charge in [-0.25, -0.2) is 13.2 Å². The first-order valence-electron chi connectivity index (χ1n) is 8.93. The molecule has 4 aromatic rings. The van der Waals surface area contributed by atoms with Crippen LogP contribution in [-0.2, 0) is 6.18 Å². The summed E-state index contributed by atoms with van der Waals surface area (Å²) in [6.45, 7) is 0. The number of fused-ring (bicyclic) bond motifs is 1. The molecule has 3 aromatic carbocycles. The topological polar surface area (TPSA) is 84.8 Å². The van der Waals surface area contributed by atoms with Gasteiger partial charge in [-0.1, -0.05) is 6.07 Å². The van der Waals surface area contributed by atoms with Gasteiger partial charge in [0.25, 0.3) is 0 Å². The number of nitrogens with one attached hydrogen (secondary N) is 3. The van der Waals surface area contributed by atoms with E-state index < -0.39 is 40.6 Å². The maximum absolute atomic E-state index is 14.0. The Hall–Kier alpha value is -3.86. The van der Waals surface area contributed by atoms with Crippen molar-refractivity contribution < 1.29 is 31.5 Å². The molecule has 0 bridgehead atoms. The second-order valence-electron chi connectivity index (χ2n) is 6.86. The second kappa shape index (κ2) is 7.68. The van der Waals surface area contributed by atoms with E-state index >= 15 is 0 Å². The highest BCUT2D eigenvalue weighted by Crippen LogP contribution is 2.41. The first-order valence-corrected chi connectivity index (χ1v) is 8.93. The number of amidine groups is 1. The van der Waals surface area contributed by atoms with Crippen molar-refractivity contribution in [1.29, 1.82) is 5.41 Å². The highest BCUT2D eigenvalue weighted by Gasteiger charge is 2.33. The lowest BCUT2D eigenvalue weighted by atomic mass is 9.87. The third-order valence-electron chi connectivity index (χ3n) is 4.87. The van der Waals surface area contributed by atoms with E-state index in [1.165, 1.54) is 23.8 Å². The molecule has 0 aliphatic heterocycles. The third-order valence-corrected chi connectivity index (χ3v) is 4.87. The maximum atomic E-state index is 14.0. The first kappa shape index (κ1) is 21.4. The fourth-order valence-corrected chi connectivity index (χ4v) is 3.41. The number of aromatic amines is 1. The summed E-state index contributed by atoms with van der Waals surface area (Å²) in [6.07, 6.45) is -3.40. The SMILES string of the molecule is N=C(NO)c1cc(C(F)(F)F)cc(-c2ccc3[nH]ncc3c2)c1-c1cc(F)c(F)c(F)c1. The normalized spacial score (nSPS) is 11.7. The molecule has 0 aliphatic carbocycles. The number of rotatable bonds is 3. The lowest BCUT2D eigenvalue weighted by molar-refractivity contribution is -0.137. The van der Waals surface area contributed by atoms with Gasteiger partial charge in [-0.05, 0) is 53.1 Å². The van der Waals surface area contributed by atoms with Crippen LogP contribution in [0.4, 0.5) is 26.3 Å². The highest BCUT2D eigenvalue weighted by atomic mass is 19.4. The molecule has 0 aliphatic rings. The molecule has 11 heteroatoms. The summed E-state index contributed by atoms with van der Waals surface area (Å²) in [5.41, 5.74) is -0.114. The van der Waals surface area contributed by atoms with Gasteiger partial charge in [0.15, 0.2) is 17.5 Å². The Kier molecular flexibility index (Phi) is 5.13. The summed E-state index contributed by atoms with van der Waals surface area (Å²) in [5, 5.41) is 24.2. The Bertz CT molecular complexity index is 1340. The van der Waals surface area contributed by atoms with Gasteiger partial charge in [-0.15, -0.1) is 0 Å². The number of benzene rings is 3. The van der Waals surface area contributed by atoms with Crippen LogP contribution < -0.4 is 5.48 Å². The molecule has 4 N–H and O–H groups in total. The van der Waals surface area contributed by atoms with E-state index in [0.29, 0.717) is 29.1 Å². The van der Waals surface area contributed by atoms with Crippen molar-refractivity contribution in [2.75, 3.05) is 0 Å². The molecule has 0 radical (unpaired) electrons. The average Bonchev–Trinajstić information content (AvgIpc) is 3.23. The summed E-state index contributed by atoms with van der Waals surface area (Å²) < 4.78 is 82.3. The van der Waals surface area contributed by atoms with Crippen molar-refractivity contribution in [1.82, 2.24) is 15.7 Å². The van der Waals surface area contributed by atoms with Gasteiger partial charge in [-0.3, -0.25) is 21.2 Å². The van der Waals surface area contributed by atoms with Crippen LogP contribution in [0.25, 0.3) is 33.2 Å². The Morgan fingerprint density at radius 2 is 1.66 bits per heavy atom. The van der Waals surface area contributed by atoms with E-state index in [2.05, 4.69) is 10.2 Å². The summed E-state index contributed by atoms with van der Waals surface area (Å²) in [6, 6.07) is 7.01. The van der Waals surface area contributed by atoms with Crippen LogP contribution in [0.1, 0.15) is 11.1 Å². The van der Waals surface area contributed by atoms with Gasteiger partial charge < -0.3 is 0 Å². The smallest absolute Gasteiger partial charge is 0.290 e. The summed E-state index contributed by atoms with van der Waals surface area (Å²) >= 11 is 0. The van der Waals surface area contributed by atoms with Crippen molar-refractivity contribution in [3.63, 3.8) is 0 Å². The van der Waals surface area contributed by atoms with Crippen molar-refractivity contribution in [3.8, 4) is 22.3 Å². The van der Waals surface area contributed by atoms with Crippen molar-refractivity contribution in [2.24, 2.45) is 0 Å². The zero-order chi connectivity index (χ0) is 23.2. The molecule has 0 saturated carbocycles. The van der Waals surface area contributed by atoms with Crippen molar-refractivity contribution >= 4 is 16.7 Å². The van der Waals surface area contributed by atoms with Gasteiger partial charge in [0, 0.05) is 16.5 Å². The van der Waals surface area contributed by atoms with Crippen molar-refractivity contribution in [3.05, 3.63) is 77.2 Å². The van der Waals surface area contributed by atoms with E-state index in [1.54, 1.807) is 6.07 Å². The quantitative estimate of drug-likeness (QED) is 0.107. The van der Waals surface area contributed by atoms with E-state index in [0.717, 1.165) is 6.07 Å². The number of hydrogen-bond donors (Lipinski definition) is 4. The summed E-state index contributed by atoms with van der Waals surface area (Å²) in [7, 11) is 0. The zero-order valence-corrected chi connectivity index (χ0v) is 15.8. The number of nitrogens with zero attached hydrogens (tertiary/aromatic N) is 1. The fraction of sp³-hybridized carbons (Fsp3) is 0.0476. The molecule has 0 atom stereocenters. The molecule has 0 amide bonds. The monoisotopic (exact) mass is 450 g/mol. The van der Waals surface area contributed by atoms with Gasteiger partial charge in [0.1, 0.15) is 5.84 Å². The second-order valence-corrected chi connectivity index (χ2v) is 6.86. The first-order chi connectivity index (χ1) is 15.1. The molecule has 32 heavy (non-hydrogen) atoms. The van der Waals surface area contributed by atoms with Crippen LogP contribution in [0.2, 0.25) is 0 Å². The number of hydroxylamine groups is 1. The lowest BCUT2D eigenvalue weighted by Gasteiger charge is -2.19. The van der Waals surface area contributed by atoms with Crippen LogP contribution >= 0.6 is 0 Å². The third kappa shape index (κ3) is 3.66. The van der Waals surface area contributed by atoms with Gasteiger partial charge in [-0.2, -0.15) is 18.3 Å². The average molecular weight is 450 g/mol. The van der Waals surface area contributed by atoms with Crippen LogP contribution in [-0.4, -0.2) is 21.2 Å². The maximum Gasteiger partial charge on any atom is 0.416 e. The van der Waals surface area contributed by atoms with Crippen LogP contribution in [0.3, 0.4) is 0 Å². The Labute approximate surface area is 175 Å². The molecule has 4 rings (SSSR count). The minimum atomic E-state index is -4.84. The molecular formula is C21H12F6N4O. The molecule has 1 aromatic heterocycles. The molecule has 0 spiro atoms. The largest absolute Gasteiger partial charge is 0.416 e. The number of alkyl halides is 3. The van der Waals surface area contributed by atoms with Gasteiger partial charge >= 0.3 is 6.18 Å². The standard InChI is InChI=1S/C21H12F6N4O/c22-15-4-10(5-16(23)19(15)24)18-13(9-1-2-17-11(3-9)8-29-30-17)6-12(21(25,26)27)7-14(18)20(28)31-32/h1-8,32H,(H2,28,31)(H,29,30). The molecular weight excluding hydrogens is 438 g/mol. The van der Waals surface area contributed by atoms with E-state index in [-0.39, 0.29) is 22.3 Å². The Balaban J connectivity index is 2.13. The van der Waals surface area contributed by atoms with Crippen LogP contribution in [0, 0.1) is 22.9 Å². The number of H-pyrrole nitrogens is 1. The fourth-order valence-electron chi connectivity index (χ4n) is 3.41. The number of halogens is 6. The molecule has 0 saturated heterocycles. The van der Waals surface area contributed by atoms with Crippen molar-refractivity contribution in [2.45, 2.75) is 6.18 Å². The molecule has 164 valence electrons. The van der Waals surface area contributed by atoms with Crippen LogP contribution in [0.5, 0.6) is 0 Å². The number of hydrogen-bond acceptors (Lipinski definition) is 3.